The topological polar surface area (TPSA) is 88.9 Å². The Kier molecular flexibility index (Phi) is 7.41. The van der Waals surface area contributed by atoms with Gasteiger partial charge in [0.1, 0.15) is 18.7 Å². The van der Waals surface area contributed by atoms with Crippen molar-refractivity contribution in [2.24, 2.45) is 5.92 Å². The highest BCUT2D eigenvalue weighted by molar-refractivity contribution is 6.30. The predicted molar refractivity (Wildman–Crippen MR) is 120 cm³/mol. The van der Waals surface area contributed by atoms with Gasteiger partial charge in [0.15, 0.2) is 0 Å². The fraction of sp³-hybridized carbons (Fsp3) is 0.304. The summed E-state index contributed by atoms with van der Waals surface area (Å²) >= 11 is 5.89. The van der Waals surface area contributed by atoms with E-state index in [1.807, 2.05) is 45.0 Å². The fourth-order valence-corrected chi connectivity index (χ4v) is 3.33. The van der Waals surface area contributed by atoms with Crippen LogP contribution in [0.2, 0.25) is 5.02 Å². The van der Waals surface area contributed by atoms with E-state index in [9.17, 15) is 9.59 Å². The zero-order chi connectivity index (χ0) is 22.4. The number of amides is 2. The van der Waals surface area contributed by atoms with Gasteiger partial charge in [-0.05, 0) is 61.2 Å². The van der Waals surface area contributed by atoms with Gasteiger partial charge in [-0.15, -0.1) is 0 Å². The summed E-state index contributed by atoms with van der Waals surface area (Å²) in [6.07, 6.45) is 3.63. The first-order chi connectivity index (χ1) is 14.8. The van der Waals surface area contributed by atoms with Gasteiger partial charge in [0.05, 0.1) is 11.7 Å². The lowest BCUT2D eigenvalue weighted by molar-refractivity contribution is -0.124. The number of benzene rings is 2. The number of nitrogens with zero attached hydrogens (tertiary/aromatic N) is 3. The van der Waals surface area contributed by atoms with Crippen molar-refractivity contribution in [2.45, 2.75) is 39.3 Å². The summed E-state index contributed by atoms with van der Waals surface area (Å²) in [5.41, 5.74) is 2.29. The van der Waals surface area contributed by atoms with Crippen LogP contribution in [0.4, 0.5) is 0 Å². The normalized spacial score (nSPS) is 12.9. The van der Waals surface area contributed by atoms with Gasteiger partial charge in [-0.2, -0.15) is 5.10 Å². The van der Waals surface area contributed by atoms with Crippen molar-refractivity contribution in [3.63, 3.8) is 0 Å². The molecule has 3 rings (SSSR count). The first-order valence-electron chi connectivity index (χ1n) is 10.1. The molecule has 2 N–H and O–H groups in total. The number of aromatic nitrogens is 3. The zero-order valence-electron chi connectivity index (χ0n) is 17.7. The van der Waals surface area contributed by atoms with E-state index in [1.54, 1.807) is 35.3 Å². The van der Waals surface area contributed by atoms with Gasteiger partial charge in [-0.3, -0.25) is 9.59 Å². The Morgan fingerprint density at radius 1 is 1.00 bits per heavy atom. The van der Waals surface area contributed by atoms with Crippen LogP contribution in [-0.4, -0.2) is 32.6 Å². The minimum absolute atomic E-state index is 0.219. The predicted octanol–water partition coefficient (Wildman–Crippen LogP) is 3.94. The van der Waals surface area contributed by atoms with Crippen molar-refractivity contribution in [3.8, 4) is 5.69 Å². The molecular formula is C23H26ClN5O2. The molecule has 0 saturated heterocycles. The van der Waals surface area contributed by atoms with E-state index in [0.717, 1.165) is 11.3 Å². The van der Waals surface area contributed by atoms with Crippen LogP contribution in [-0.2, 0) is 4.79 Å². The number of carbonyl (C=O) groups excluding carboxylic acids is 2. The van der Waals surface area contributed by atoms with Crippen LogP contribution in [0.3, 0.4) is 0 Å². The van der Waals surface area contributed by atoms with Crippen LogP contribution in [0.5, 0.6) is 0 Å². The summed E-state index contributed by atoms with van der Waals surface area (Å²) in [7, 11) is 0. The number of hydrogen-bond donors (Lipinski definition) is 2. The summed E-state index contributed by atoms with van der Waals surface area (Å²) in [6.45, 7) is 5.94. The smallest absolute Gasteiger partial charge is 0.251 e. The van der Waals surface area contributed by atoms with Crippen LogP contribution in [0.1, 0.15) is 49.2 Å². The molecule has 3 aromatic rings. The Morgan fingerprint density at radius 2 is 1.68 bits per heavy atom. The van der Waals surface area contributed by atoms with Crippen LogP contribution in [0.25, 0.3) is 5.69 Å². The quantitative estimate of drug-likeness (QED) is 0.556. The van der Waals surface area contributed by atoms with E-state index < -0.39 is 6.04 Å². The highest BCUT2D eigenvalue weighted by Gasteiger charge is 2.24. The van der Waals surface area contributed by atoms with Gasteiger partial charge in [0.25, 0.3) is 5.91 Å². The number of rotatable bonds is 8. The second-order valence-corrected chi connectivity index (χ2v) is 8.26. The SMILES string of the molecule is CC(C)CC(NC(=O)c1ccc(Cl)cc1)C(=O)NC(C)c1ccc(-n2cncn2)cc1. The summed E-state index contributed by atoms with van der Waals surface area (Å²) in [4.78, 5) is 29.5. The Hall–Kier alpha value is -3.19. The standard InChI is InChI=1S/C23H26ClN5O2/c1-15(2)12-21(28-22(30)18-4-8-19(24)9-5-18)23(31)27-16(3)17-6-10-20(11-7-17)29-14-25-13-26-29/h4-11,13-16,21H,12H2,1-3H3,(H,27,31)(H,28,30). The summed E-state index contributed by atoms with van der Waals surface area (Å²) < 4.78 is 1.66. The molecule has 2 atom stereocenters. The summed E-state index contributed by atoms with van der Waals surface area (Å²) in [6, 6.07) is 13.4. The zero-order valence-corrected chi connectivity index (χ0v) is 18.5. The molecule has 0 bridgehead atoms. The molecule has 0 aliphatic carbocycles. The lowest BCUT2D eigenvalue weighted by Gasteiger charge is -2.23. The van der Waals surface area contributed by atoms with Crippen LogP contribution in [0, 0.1) is 5.92 Å². The molecule has 162 valence electrons. The molecule has 0 radical (unpaired) electrons. The van der Waals surface area contributed by atoms with Crippen molar-refractivity contribution in [1.29, 1.82) is 0 Å². The molecule has 0 fully saturated rings. The maximum atomic E-state index is 13.0. The second kappa shape index (κ2) is 10.2. The van der Waals surface area contributed by atoms with Crippen molar-refractivity contribution in [3.05, 3.63) is 77.3 Å². The fourth-order valence-electron chi connectivity index (χ4n) is 3.20. The molecule has 2 aromatic carbocycles. The van der Waals surface area contributed by atoms with Crippen molar-refractivity contribution < 1.29 is 9.59 Å². The lowest BCUT2D eigenvalue weighted by atomic mass is 10.0. The van der Waals surface area contributed by atoms with Crippen molar-refractivity contribution in [2.75, 3.05) is 0 Å². The highest BCUT2D eigenvalue weighted by atomic mass is 35.5. The van der Waals surface area contributed by atoms with Crippen LogP contribution >= 0.6 is 11.6 Å². The van der Waals surface area contributed by atoms with Gasteiger partial charge < -0.3 is 10.6 Å². The third-order valence-corrected chi connectivity index (χ3v) is 5.12. The molecule has 0 spiro atoms. The maximum absolute atomic E-state index is 13.0. The molecule has 0 saturated carbocycles. The van der Waals surface area contributed by atoms with Gasteiger partial charge in [0, 0.05) is 10.6 Å². The first kappa shape index (κ1) is 22.5. The molecule has 0 aliphatic rings. The number of nitrogens with one attached hydrogen (secondary N) is 2. The molecule has 31 heavy (non-hydrogen) atoms. The molecule has 0 aliphatic heterocycles. The second-order valence-electron chi connectivity index (χ2n) is 7.82. The van der Waals surface area contributed by atoms with Gasteiger partial charge in [-0.1, -0.05) is 37.6 Å². The van der Waals surface area contributed by atoms with Crippen LogP contribution < -0.4 is 10.6 Å². The van der Waals surface area contributed by atoms with E-state index in [4.69, 9.17) is 11.6 Å². The average molecular weight is 440 g/mol. The Morgan fingerprint density at radius 3 is 2.26 bits per heavy atom. The minimum Gasteiger partial charge on any atom is -0.348 e. The van der Waals surface area contributed by atoms with E-state index in [2.05, 4.69) is 20.7 Å². The van der Waals surface area contributed by atoms with Gasteiger partial charge in [0.2, 0.25) is 5.91 Å². The van der Waals surface area contributed by atoms with E-state index in [0.29, 0.717) is 17.0 Å². The Balaban J connectivity index is 1.66. The molecule has 1 heterocycles. The van der Waals surface area contributed by atoms with E-state index in [-0.39, 0.29) is 23.8 Å². The number of hydrogen-bond acceptors (Lipinski definition) is 4. The molecule has 2 amide bonds. The molecule has 7 nitrogen and oxygen atoms in total. The summed E-state index contributed by atoms with van der Waals surface area (Å²) in [5, 5.41) is 10.5. The van der Waals surface area contributed by atoms with Crippen molar-refractivity contribution >= 4 is 23.4 Å². The van der Waals surface area contributed by atoms with Gasteiger partial charge in [-0.25, -0.2) is 9.67 Å². The number of halogens is 1. The molecular weight excluding hydrogens is 414 g/mol. The van der Waals surface area contributed by atoms with Gasteiger partial charge >= 0.3 is 0 Å². The van der Waals surface area contributed by atoms with Crippen molar-refractivity contribution in [1.82, 2.24) is 25.4 Å². The molecule has 1 aromatic heterocycles. The van der Waals surface area contributed by atoms with E-state index >= 15 is 0 Å². The maximum Gasteiger partial charge on any atom is 0.251 e. The third-order valence-electron chi connectivity index (χ3n) is 4.87. The number of carbonyl (C=O) groups is 2. The summed E-state index contributed by atoms with van der Waals surface area (Å²) in [5.74, 6) is -0.287. The van der Waals surface area contributed by atoms with E-state index in [1.165, 1.54) is 6.33 Å². The Labute approximate surface area is 186 Å². The third kappa shape index (κ3) is 6.15. The largest absolute Gasteiger partial charge is 0.348 e. The molecule has 8 heteroatoms. The Bertz CT molecular complexity index is 1000. The molecule has 2 unspecified atom stereocenters. The average Bonchev–Trinajstić information content (AvgIpc) is 3.28. The first-order valence-corrected chi connectivity index (χ1v) is 10.5. The van der Waals surface area contributed by atoms with Crippen LogP contribution in [0.15, 0.2) is 61.2 Å². The monoisotopic (exact) mass is 439 g/mol. The minimum atomic E-state index is -0.639. The lowest BCUT2D eigenvalue weighted by Crippen LogP contribution is -2.48. The highest BCUT2D eigenvalue weighted by Crippen LogP contribution is 2.16.